The highest BCUT2D eigenvalue weighted by molar-refractivity contribution is 14.1. The summed E-state index contributed by atoms with van der Waals surface area (Å²) in [5.74, 6) is 0. The van der Waals surface area contributed by atoms with Crippen molar-refractivity contribution >= 4 is 22.6 Å². The molecule has 2 aromatic rings. The van der Waals surface area contributed by atoms with Crippen LogP contribution in [0.25, 0.3) is 0 Å². The lowest BCUT2D eigenvalue weighted by Gasteiger charge is -1.96. The molecule has 0 aliphatic rings. The van der Waals surface area contributed by atoms with E-state index in [2.05, 4.69) is 45.9 Å². The molecule has 0 aliphatic carbocycles. The van der Waals surface area contributed by atoms with E-state index in [-0.39, 0.29) is 0 Å². The topological polar surface area (TPSA) is 35.6 Å². The lowest BCUT2D eigenvalue weighted by Crippen LogP contribution is -1.98. The van der Waals surface area contributed by atoms with E-state index in [0.717, 1.165) is 16.7 Å². The number of halogens is 1. The lowest BCUT2D eigenvalue weighted by molar-refractivity contribution is 0.654. The van der Waals surface area contributed by atoms with Gasteiger partial charge in [0.05, 0.1) is 22.5 Å². The second kappa shape index (κ2) is 4.12. The van der Waals surface area contributed by atoms with Crippen LogP contribution in [0.3, 0.4) is 0 Å². The van der Waals surface area contributed by atoms with Crippen LogP contribution >= 0.6 is 22.6 Å². The van der Waals surface area contributed by atoms with Crippen molar-refractivity contribution in [2.24, 2.45) is 0 Å². The van der Waals surface area contributed by atoms with E-state index >= 15 is 0 Å². The molecule has 0 saturated heterocycles. The van der Waals surface area contributed by atoms with Gasteiger partial charge in [0.2, 0.25) is 0 Å². The monoisotopic (exact) mass is 302 g/mol. The predicted molar refractivity (Wildman–Crippen MR) is 61.9 cm³/mol. The highest BCUT2D eigenvalue weighted by Crippen LogP contribution is 2.05. The van der Waals surface area contributed by atoms with Crippen molar-refractivity contribution < 1.29 is 0 Å². The number of rotatable bonds is 3. The third kappa shape index (κ3) is 2.14. The van der Waals surface area contributed by atoms with Crippen LogP contribution in [0.1, 0.15) is 12.5 Å². The summed E-state index contributed by atoms with van der Waals surface area (Å²) in [6, 6.07) is 0. The molecule has 0 aliphatic heterocycles. The van der Waals surface area contributed by atoms with Crippen LogP contribution in [0.2, 0.25) is 0 Å². The van der Waals surface area contributed by atoms with Crippen molar-refractivity contribution in [3.05, 3.63) is 33.9 Å². The molecule has 0 spiro atoms. The van der Waals surface area contributed by atoms with E-state index in [1.54, 1.807) is 0 Å². The largest absolute Gasteiger partial charge is 0.273 e. The third-order valence-electron chi connectivity index (χ3n) is 1.96. The Labute approximate surface area is 96.1 Å². The van der Waals surface area contributed by atoms with Gasteiger partial charge in [0.15, 0.2) is 0 Å². The first kappa shape index (κ1) is 9.70. The Balaban J connectivity index is 2.10. The summed E-state index contributed by atoms with van der Waals surface area (Å²) in [5.41, 5.74) is 1.19. The zero-order chi connectivity index (χ0) is 9.97. The van der Waals surface area contributed by atoms with E-state index in [4.69, 9.17) is 0 Å². The molecule has 2 aromatic heterocycles. The average Bonchev–Trinajstić information content (AvgIpc) is 2.76. The normalized spacial score (nSPS) is 10.7. The van der Waals surface area contributed by atoms with Crippen LogP contribution in [-0.2, 0) is 13.1 Å². The Hall–Kier alpha value is -0.850. The van der Waals surface area contributed by atoms with Gasteiger partial charge in [0, 0.05) is 24.5 Å². The van der Waals surface area contributed by atoms with Crippen LogP contribution < -0.4 is 0 Å². The average molecular weight is 302 g/mol. The molecule has 0 fully saturated rings. The summed E-state index contributed by atoms with van der Waals surface area (Å²) in [6.07, 6.45) is 7.81. The van der Waals surface area contributed by atoms with Crippen molar-refractivity contribution in [2.75, 3.05) is 0 Å². The van der Waals surface area contributed by atoms with Crippen molar-refractivity contribution in [2.45, 2.75) is 20.0 Å². The van der Waals surface area contributed by atoms with Crippen molar-refractivity contribution in [3.8, 4) is 0 Å². The fourth-order valence-corrected chi connectivity index (χ4v) is 1.72. The van der Waals surface area contributed by atoms with Gasteiger partial charge in [-0.25, -0.2) is 0 Å². The first-order valence-corrected chi connectivity index (χ1v) is 5.55. The fourth-order valence-electron chi connectivity index (χ4n) is 1.27. The molecule has 74 valence electrons. The predicted octanol–water partition coefficient (Wildman–Crippen LogP) is 1.75. The van der Waals surface area contributed by atoms with Gasteiger partial charge in [-0.15, -0.1) is 0 Å². The highest BCUT2D eigenvalue weighted by Gasteiger charge is 1.99. The molecule has 0 N–H and O–H groups in total. The summed E-state index contributed by atoms with van der Waals surface area (Å²) >= 11 is 2.25. The molecule has 0 amide bonds. The fraction of sp³-hybridized carbons (Fsp3) is 0.333. The van der Waals surface area contributed by atoms with Gasteiger partial charge in [-0.3, -0.25) is 9.36 Å². The van der Waals surface area contributed by atoms with Gasteiger partial charge in [-0.05, 0) is 29.5 Å². The number of aromatic nitrogens is 4. The maximum absolute atomic E-state index is 4.22. The molecule has 0 unspecified atom stereocenters. The molecule has 0 aromatic carbocycles. The van der Waals surface area contributed by atoms with Crippen LogP contribution in [0, 0.1) is 3.57 Å². The SMILES string of the molecule is CCn1cc(Cn2cc(I)cn2)cn1. The van der Waals surface area contributed by atoms with E-state index in [0.29, 0.717) is 0 Å². The smallest absolute Gasteiger partial charge is 0.0690 e. The Morgan fingerprint density at radius 3 is 2.57 bits per heavy atom. The number of hydrogen-bond donors (Lipinski definition) is 0. The molecule has 0 bridgehead atoms. The Morgan fingerprint density at radius 1 is 1.21 bits per heavy atom. The van der Waals surface area contributed by atoms with E-state index < -0.39 is 0 Å². The first-order chi connectivity index (χ1) is 6.78. The summed E-state index contributed by atoms with van der Waals surface area (Å²) in [5, 5.41) is 8.43. The highest BCUT2D eigenvalue weighted by atomic mass is 127. The maximum Gasteiger partial charge on any atom is 0.0690 e. The van der Waals surface area contributed by atoms with Crippen molar-refractivity contribution in [1.29, 1.82) is 0 Å². The molecule has 4 nitrogen and oxygen atoms in total. The molecule has 14 heavy (non-hydrogen) atoms. The van der Waals surface area contributed by atoms with Gasteiger partial charge in [-0.1, -0.05) is 0 Å². The number of aryl methyl sites for hydroxylation is 1. The molecule has 2 heterocycles. The van der Waals surface area contributed by atoms with Gasteiger partial charge in [-0.2, -0.15) is 10.2 Å². The van der Waals surface area contributed by atoms with Crippen LogP contribution in [0.5, 0.6) is 0 Å². The second-order valence-electron chi connectivity index (χ2n) is 3.06. The first-order valence-electron chi connectivity index (χ1n) is 4.47. The number of hydrogen-bond acceptors (Lipinski definition) is 2. The van der Waals surface area contributed by atoms with E-state index in [1.165, 1.54) is 5.56 Å². The minimum absolute atomic E-state index is 0.795. The van der Waals surface area contributed by atoms with Crippen LogP contribution in [0.4, 0.5) is 0 Å². The van der Waals surface area contributed by atoms with Gasteiger partial charge < -0.3 is 0 Å². The summed E-state index contributed by atoms with van der Waals surface area (Å²) in [7, 11) is 0. The quantitative estimate of drug-likeness (QED) is 0.810. The molecule has 0 saturated carbocycles. The molecule has 5 heteroatoms. The Morgan fingerprint density at radius 2 is 2.00 bits per heavy atom. The standard InChI is InChI=1S/C9H11IN4/c1-2-13-5-8(3-11-13)6-14-7-9(10)4-12-14/h3-5,7H,2,6H2,1H3. The zero-order valence-electron chi connectivity index (χ0n) is 7.89. The molecular weight excluding hydrogens is 291 g/mol. The van der Waals surface area contributed by atoms with Gasteiger partial charge in [0.25, 0.3) is 0 Å². The third-order valence-corrected chi connectivity index (χ3v) is 2.51. The van der Waals surface area contributed by atoms with Gasteiger partial charge in [0.1, 0.15) is 0 Å². The van der Waals surface area contributed by atoms with Crippen LogP contribution in [-0.4, -0.2) is 19.6 Å². The summed E-state index contributed by atoms with van der Waals surface area (Å²) in [6.45, 7) is 3.78. The maximum atomic E-state index is 4.22. The van der Waals surface area contributed by atoms with Gasteiger partial charge >= 0.3 is 0 Å². The zero-order valence-corrected chi connectivity index (χ0v) is 10.0. The van der Waals surface area contributed by atoms with Crippen LogP contribution in [0.15, 0.2) is 24.8 Å². The summed E-state index contributed by atoms with van der Waals surface area (Å²) < 4.78 is 4.99. The molecule has 0 atom stereocenters. The van der Waals surface area contributed by atoms with E-state index in [1.807, 2.05) is 28.0 Å². The number of nitrogens with zero attached hydrogens (tertiary/aromatic N) is 4. The van der Waals surface area contributed by atoms with Crippen molar-refractivity contribution in [3.63, 3.8) is 0 Å². The minimum Gasteiger partial charge on any atom is -0.273 e. The molecule has 0 radical (unpaired) electrons. The lowest BCUT2D eigenvalue weighted by atomic mass is 10.4. The van der Waals surface area contributed by atoms with E-state index in [9.17, 15) is 0 Å². The van der Waals surface area contributed by atoms with Crippen molar-refractivity contribution in [1.82, 2.24) is 19.6 Å². The molecular formula is C9H11IN4. The second-order valence-corrected chi connectivity index (χ2v) is 4.31. The molecule has 2 rings (SSSR count). The minimum atomic E-state index is 0.795. The Bertz CT molecular complexity index is 418. The summed E-state index contributed by atoms with van der Waals surface area (Å²) in [4.78, 5) is 0. The Kier molecular flexibility index (Phi) is 2.85.